The molecule has 4 nitrogen and oxygen atoms in total. The zero-order valence-electron chi connectivity index (χ0n) is 13.1. The van der Waals surface area contributed by atoms with Crippen LogP contribution in [0, 0.1) is 5.41 Å². The largest absolute Gasteiger partial charge is 0.497 e. The van der Waals surface area contributed by atoms with E-state index in [-0.39, 0.29) is 5.41 Å². The van der Waals surface area contributed by atoms with E-state index in [0.29, 0.717) is 12.3 Å². The summed E-state index contributed by atoms with van der Waals surface area (Å²) in [6.07, 6.45) is 6.01. The Morgan fingerprint density at radius 1 is 1.14 bits per heavy atom. The number of aliphatic hydroxyl groups is 1. The lowest BCUT2D eigenvalue weighted by Crippen LogP contribution is -2.36. The van der Waals surface area contributed by atoms with Gasteiger partial charge in [0.1, 0.15) is 11.5 Å². The SMILES string of the molecule is COc1ccc(OC)c(C(O)C2(CN)CCCCCC2)c1. The predicted molar refractivity (Wildman–Crippen MR) is 83.7 cm³/mol. The molecule has 1 aromatic carbocycles. The van der Waals surface area contributed by atoms with Crippen LogP contribution >= 0.6 is 0 Å². The lowest BCUT2D eigenvalue weighted by atomic mass is 9.73. The number of rotatable bonds is 5. The quantitative estimate of drug-likeness (QED) is 0.819. The third-order valence-electron chi connectivity index (χ3n) is 4.82. The van der Waals surface area contributed by atoms with Gasteiger partial charge in [-0.05, 0) is 31.0 Å². The highest BCUT2D eigenvalue weighted by Crippen LogP contribution is 2.47. The smallest absolute Gasteiger partial charge is 0.124 e. The Labute approximate surface area is 127 Å². The van der Waals surface area contributed by atoms with Crippen molar-refractivity contribution in [3.8, 4) is 11.5 Å². The van der Waals surface area contributed by atoms with Gasteiger partial charge in [0.15, 0.2) is 0 Å². The molecule has 118 valence electrons. The molecule has 0 aliphatic heterocycles. The zero-order chi connectivity index (χ0) is 15.3. The Morgan fingerprint density at radius 2 is 1.81 bits per heavy atom. The molecular formula is C17H27NO3. The van der Waals surface area contributed by atoms with Crippen molar-refractivity contribution in [2.24, 2.45) is 11.1 Å². The zero-order valence-corrected chi connectivity index (χ0v) is 13.1. The van der Waals surface area contributed by atoms with E-state index in [0.717, 1.165) is 37.0 Å². The summed E-state index contributed by atoms with van der Waals surface area (Å²) < 4.78 is 10.7. The van der Waals surface area contributed by atoms with Crippen LogP contribution in [0.1, 0.15) is 50.2 Å². The van der Waals surface area contributed by atoms with Gasteiger partial charge < -0.3 is 20.3 Å². The van der Waals surface area contributed by atoms with E-state index in [1.165, 1.54) is 12.8 Å². The van der Waals surface area contributed by atoms with Crippen molar-refractivity contribution < 1.29 is 14.6 Å². The fourth-order valence-electron chi connectivity index (χ4n) is 3.40. The van der Waals surface area contributed by atoms with E-state index >= 15 is 0 Å². The van der Waals surface area contributed by atoms with E-state index in [4.69, 9.17) is 15.2 Å². The first-order valence-electron chi connectivity index (χ1n) is 7.77. The fourth-order valence-corrected chi connectivity index (χ4v) is 3.40. The number of methoxy groups -OCH3 is 2. The molecule has 0 saturated heterocycles. The van der Waals surface area contributed by atoms with Crippen LogP contribution < -0.4 is 15.2 Å². The number of hydrogen-bond acceptors (Lipinski definition) is 4. The first kappa shape index (κ1) is 16.1. The molecule has 1 unspecified atom stereocenters. The van der Waals surface area contributed by atoms with Crippen LogP contribution in [0.2, 0.25) is 0 Å². The summed E-state index contributed by atoms with van der Waals surface area (Å²) in [7, 11) is 3.25. The summed E-state index contributed by atoms with van der Waals surface area (Å²) in [4.78, 5) is 0. The van der Waals surface area contributed by atoms with Crippen LogP contribution in [0.4, 0.5) is 0 Å². The second-order valence-electron chi connectivity index (χ2n) is 5.99. The molecule has 21 heavy (non-hydrogen) atoms. The van der Waals surface area contributed by atoms with Crippen molar-refractivity contribution in [3.63, 3.8) is 0 Å². The van der Waals surface area contributed by atoms with Gasteiger partial charge in [-0.1, -0.05) is 25.7 Å². The Kier molecular flexibility index (Phi) is 5.48. The average molecular weight is 293 g/mol. The maximum Gasteiger partial charge on any atom is 0.124 e. The molecule has 0 aromatic heterocycles. The molecule has 1 saturated carbocycles. The molecule has 1 aliphatic carbocycles. The van der Waals surface area contributed by atoms with E-state index in [1.54, 1.807) is 14.2 Å². The lowest BCUT2D eigenvalue weighted by Gasteiger charge is -2.37. The molecular weight excluding hydrogens is 266 g/mol. The molecule has 1 aromatic rings. The van der Waals surface area contributed by atoms with Gasteiger partial charge in [0.25, 0.3) is 0 Å². The molecule has 1 atom stereocenters. The fraction of sp³-hybridized carbons (Fsp3) is 0.647. The third kappa shape index (κ3) is 3.33. The van der Waals surface area contributed by atoms with Crippen LogP contribution in [0.5, 0.6) is 11.5 Å². The maximum atomic E-state index is 11.0. The predicted octanol–water partition coefficient (Wildman–Crippen LogP) is 3.04. The van der Waals surface area contributed by atoms with Crippen molar-refractivity contribution in [2.45, 2.75) is 44.6 Å². The summed E-state index contributed by atoms with van der Waals surface area (Å²) in [6.45, 7) is 0.495. The molecule has 4 heteroatoms. The summed E-state index contributed by atoms with van der Waals surface area (Å²) in [5.41, 5.74) is 6.60. The van der Waals surface area contributed by atoms with Gasteiger partial charge in [0.05, 0.1) is 20.3 Å². The van der Waals surface area contributed by atoms with Crippen molar-refractivity contribution in [3.05, 3.63) is 23.8 Å². The van der Waals surface area contributed by atoms with E-state index in [2.05, 4.69) is 0 Å². The monoisotopic (exact) mass is 293 g/mol. The minimum Gasteiger partial charge on any atom is -0.497 e. The number of nitrogens with two attached hydrogens (primary N) is 1. The molecule has 1 aliphatic rings. The Morgan fingerprint density at radius 3 is 2.33 bits per heavy atom. The summed E-state index contributed by atoms with van der Waals surface area (Å²) in [5, 5.41) is 11.0. The first-order valence-corrected chi connectivity index (χ1v) is 7.77. The minimum atomic E-state index is -0.620. The molecule has 0 bridgehead atoms. The number of ether oxygens (including phenoxy) is 2. The van der Waals surface area contributed by atoms with Gasteiger partial charge in [0.2, 0.25) is 0 Å². The van der Waals surface area contributed by atoms with E-state index < -0.39 is 6.10 Å². The molecule has 0 heterocycles. The van der Waals surface area contributed by atoms with Gasteiger partial charge in [-0.2, -0.15) is 0 Å². The number of hydrogen-bond donors (Lipinski definition) is 2. The van der Waals surface area contributed by atoms with E-state index in [9.17, 15) is 5.11 Å². The van der Waals surface area contributed by atoms with Crippen LogP contribution in [-0.2, 0) is 0 Å². The normalized spacial score (nSPS) is 19.6. The van der Waals surface area contributed by atoms with Gasteiger partial charge in [-0.15, -0.1) is 0 Å². The molecule has 0 spiro atoms. The number of aliphatic hydroxyl groups excluding tert-OH is 1. The first-order chi connectivity index (χ1) is 10.2. The molecule has 2 rings (SSSR count). The summed E-state index contributed by atoms with van der Waals surface area (Å²) in [5.74, 6) is 1.42. The highest BCUT2D eigenvalue weighted by molar-refractivity contribution is 5.42. The van der Waals surface area contributed by atoms with Gasteiger partial charge in [0, 0.05) is 17.5 Å². The van der Waals surface area contributed by atoms with Crippen molar-refractivity contribution >= 4 is 0 Å². The maximum absolute atomic E-state index is 11.0. The van der Waals surface area contributed by atoms with Crippen molar-refractivity contribution in [1.82, 2.24) is 0 Å². The third-order valence-corrected chi connectivity index (χ3v) is 4.82. The van der Waals surface area contributed by atoms with Crippen molar-refractivity contribution in [2.75, 3.05) is 20.8 Å². The van der Waals surface area contributed by atoms with Gasteiger partial charge in [-0.3, -0.25) is 0 Å². The minimum absolute atomic E-state index is 0.254. The molecule has 1 fully saturated rings. The highest BCUT2D eigenvalue weighted by Gasteiger charge is 2.39. The van der Waals surface area contributed by atoms with Crippen LogP contribution in [-0.4, -0.2) is 25.9 Å². The topological polar surface area (TPSA) is 64.7 Å². The summed E-state index contributed by atoms with van der Waals surface area (Å²) in [6, 6.07) is 5.56. The molecule has 0 radical (unpaired) electrons. The van der Waals surface area contributed by atoms with Gasteiger partial charge in [-0.25, -0.2) is 0 Å². The highest BCUT2D eigenvalue weighted by atomic mass is 16.5. The standard InChI is InChI=1S/C17H27NO3/c1-20-13-7-8-15(21-2)14(11-13)16(19)17(12-18)9-5-3-4-6-10-17/h7-8,11,16,19H,3-6,9-10,12,18H2,1-2H3. The Balaban J connectivity index is 2.37. The summed E-state index contributed by atoms with van der Waals surface area (Å²) >= 11 is 0. The average Bonchev–Trinajstić information content (AvgIpc) is 2.80. The van der Waals surface area contributed by atoms with Crippen LogP contribution in [0.3, 0.4) is 0 Å². The Hall–Kier alpha value is -1.26. The number of benzene rings is 1. The van der Waals surface area contributed by atoms with Crippen molar-refractivity contribution in [1.29, 1.82) is 0 Å². The van der Waals surface area contributed by atoms with E-state index in [1.807, 2.05) is 18.2 Å². The van der Waals surface area contributed by atoms with Gasteiger partial charge >= 0.3 is 0 Å². The van der Waals surface area contributed by atoms with Crippen LogP contribution in [0.15, 0.2) is 18.2 Å². The second-order valence-corrected chi connectivity index (χ2v) is 5.99. The lowest BCUT2D eigenvalue weighted by molar-refractivity contribution is 0.0149. The Bertz CT molecular complexity index is 453. The van der Waals surface area contributed by atoms with Crippen LogP contribution in [0.25, 0.3) is 0 Å². The molecule has 0 amide bonds. The molecule has 3 N–H and O–H groups in total. The second kappa shape index (κ2) is 7.14.